The Morgan fingerprint density at radius 1 is 1.50 bits per heavy atom. The number of thiophene rings is 1. The number of carbonyl (C=O) groups is 1. The van der Waals surface area contributed by atoms with Crippen molar-refractivity contribution < 1.29 is 4.79 Å². The average Bonchev–Trinajstić information content (AvgIpc) is 2.59. The largest absolute Gasteiger partial charge is 0.298 e. The van der Waals surface area contributed by atoms with E-state index in [1.807, 2.05) is 11.4 Å². The second-order valence-corrected chi connectivity index (χ2v) is 4.76. The lowest BCUT2D eigenvalue weighted by atomic mass is 10.1. The third-order valence-corrected chi connectivity index (χ3v) is 4.29. The summed E-state index contributed by atoms with van der Waals surface area (Å²) in [4.78, 5) is 10.7. The van der Waals surface area contributed by atoms with Gasteiger partial charge < -0.3 is 0 Å². The lowest BCUT2D eigenvalue weighted by Crippen LogP contribution is -1.86. The number of hydrogen-bond acceptors (Lipinski definition) is 3. The Morgan fingerprint density at radius 2 is 2.29 bits per heavy atom. The maximum Gasteiger partial charge on any atom is 0.151 e. The minimum absolute atomic E-state index is 0.471. The predicted molar refractivity (Wildman–Crippen MR) is 64.6 cm³/mol. The number of rotatable bonds is 1. The molecule has 14 heavy (non-hydrogen) atoms. The minimum atomic E-state index is 0.471. The molecule has 0 N–H and O–H groups in total. The van der Waals surface area contributed by atoms with Crippen molar-refractivity contribution in [2.75, 3.05) is 0 Å². The Balaban J connectivity index is 2.93. The van der Waals surface area contributed by atoms with E-state index < -0.39 is 0 Å². The molecule has 1 aromatic carbocycles. The van der Waals surface area contributed by atoms with Crippen LogP contribution in [0.3, 0.4) is 0 Å². The number of halogens is 1. The molecule has 2 aromatic rings. The molecular formula is C10H4INOS. The lowest BCUT2D eigenvalue weighted by molar-refractivity contribution is 0.112. The van der Waals surface area contributed by atoms with Crippen LogP contribution in [0.2, 0.25) is 0 Å². The molecule has 1 aromatic heterocycles. The summed E-state index contributed by atoms with van der Waals surface area (Å²) in [5, 5.41) is 12.0. The Bertz CT molecular complexity index is 553. The maximum absolute atomic E-state index is 10.7. The van der Waals surface area contributed by atoms with Gasteiger partial charge in [-0.25, -0.2) is 0 Å². The monoisotopic (exact) mass is 313 g/mol. The summed E-state index contributed by atoms with van der Waals surface area (Å²) in [6.45, 7) is 0. The molecule has 0 fully saturated rings. The fourth-order valence-electron chi connectivity index (χ4n) is 1.30. The first kappa shape index (κ1) is 9.62. The SMILES string of the molecule is N#Cc1c(C=O)ccc2c(I)csc12. The standard InChI is InChI=1S/C10H4INOS/c11-9-5-14-10-7(9)2-1-6(4-13)8(10)3-12/h1-2,4-5H. The van der Waals surface area contributed by atoms with Crippen LogP contribution in [0.15, 0.2) is 17.5 Å². The van der Waals surface area contributed by atoms with E-state index in [1.54, 1.807) is 6.07 Å². The molecule has 0 atom stereocenters. The molecule has 2 nitrogen and oxygen atoms in total. The normalized spacial score (nSPS) is 10.0. The van der Waals surface area contributed by atoms with E-state index in [0.29, 0.717) is 11.1 Å². The van der Waals surface area contributed by atoms with Gasteiger partial charge in [-0.1, -0.05) is 6.07 Å². The summed E-state index contributed by atoms with van der Waals surface area (Å²) in [6, 6.07) is 5.66. The molecule has 2 rings (SSSR count). The van der Waals surface area contributed by atoms with Gasteiger partial charge in [-0.3, -0.25) is 4.79 Å². The highest BCUT2D eigenvalue weighted by atomic mass is 127. The minimum Gasteiger partial charge on any atom is -0.298 e. The van der Waals surface area contributed by atoms with E-state index in [-0.39, 0.29) is 0 Å². The predicted octanol–water partition coefficient (Wildman–Crippen LogP) is 3.19. The molecule has 0 radical (unpaired) electrons. The van der Waals surface area contributed by atoms with Gasteiger partial charge in [-0.15, -0.1) is 11.3 Å². The summed E-state index contributed by atoms with van der Waals surface area (Å²) in [7, 11) is 0. The lowest BCUT2D eigenvalue weighted by Gasteiger charge is -1.96. The van der Waals surface area contributed by atoms with Crippen LogP contribution < -0.4 is 0 Å². The van der Waals surface area contributed by atoms with Gasteiger partial charge >= 0.3 is 0 Å². The molecule has 1 heterocycles. The molecule has 0 unspecified atom stereocenters. The molecule has 0 saturated heterocycles. The molecule has 0 amide bonds. The summed E-state index contributed by atoms with van der Waals surface area (Å²) < 4.78 is 2.03. The number of fused-ring (bicyclic) bond motifs is 1. The summed E-state index contributed by atoms with van der Waals surface area (Å²) in [6.07, 6.45) is 0.727. The average molecular weight is 313 g/mol. The van der Waals surface area contributed by atoms with E-state index >= 15 is 0 Å². The molecule has 0 saturated carbocycles. The van der Waals surface area contributed by atoms with Gasteiger partial charge in [0.15, 0.2) is 6.29 Å². The fraction of sp³-hybridized carbons (Fsp3) is 0. The Labute approximate surface area is 98.3 Å². The zero-order chi connectivity index (χ0) is 10.1. The first-order chi connectivity index (χ1) is 6.77. The van der Waals surface area contributed by atoms with Crippen molar-refractivity contribution >= 4 is 50.3 Å². The highest BCUT2D eigenvalue weighted by molar-refractivity contribution is 14.1. The maximum atomic E-state index is 10.7. The van der Waals surface area contributed by atoms with Crippen molar-refractivity contribution in [2.45, 2.75) is 0 Å². The van der Waals surface area contributed by atoms with Crippen LogP contribution in [0.1, 0.15) is 15.9 Å². The van der Waals surface area contributed by atoms with Crippen LogP contribution in [0.5, 0.6) is 0 Å². The van der Waals surface area contributed by atoms with Crippen molar-refractivity contribution in [3.05, 3.63) is 32.2 Å². The van der Waals surface area contributed by atoms with Crippen molar-refractivity contribution in [2.24, 2.45) is 0 Å². The summed E-state index contributed by atoms with van der Waals surface area (Å²) >= 11 is 3.73. The third kappa shape index (κ3) is 1.33. The van der Waals surface area contributed by atoms with Gasteiger partial charge in [-0.05, 0) is 28.7 Å². The highest BCUT2D eigenvalue weighted by Gasteiger charge is 2.09. The van der Waals surface area contributed by atoms with Gasteiger partial charge in [0.25, 0.3) is 0 Å². The van der Waals surface area contributed by atoms with Gasteiger partial charge in [0.1, 0.15) is 6.07 Å². The van der Waals surface area contributed by atoms with E-state index in [0.717, 1.165) is 19.9 Å². The van der Waals surface area contributed by atoms with Crippen LogP contribution in [-0.4, -0.2) is 6.29 Å². The molecule has 0 spiro atoms. The van der Waals surface area contributed by atoms with Gasteiger partial charge in [0.05, 0.1) is 10.3 Å². The Hall–Kier alpha value is -0.930. The fourth-order valence-corrected chi connectivity index (χ4v) is 3.24. The number of carbonyl (C=O) groups excluding carboxylic acids is 1. The number of aldehydes is 1. The van der Waals surface area contributed by atoms with Crippen molar-refractivity contribution in [3.63, 3.8) is 0 Å². The second kappa shape index (κ2) is 3.67. The zero-order valence-electron chi connectivity index (χ0n) is 6.95. The first-order valence-electron chi connectivity index (χ1n) is 3.83. The quantitative estimate of drug-likeness (QED) is 0.599. The van der Waals surface area contributed by atoms with Gasteiger partial charge in [0, 0.05) is 19.9 Å². The molecule has 0 aliphatic rings. The Kier molecular flexibility index (Phi) is 2.52. The third-order valence-electron chi connectivity index (χ3n) is 1.97. The molecule has 68 valence electrons. The van der Waals surface area contributed by atoms with Crippen LogP contribution in [-0.2, 0) is 0 Å². The number of nitriles is 1. The zero-order valence-corrected chi connectivity index (χ0v) is 9.93. The first-order valence-corrected chi connectivity index (χ1v) is 5.78. The molecule has 0 aliphatic heterocycles. The Morgan fingerprint density at radius 3 is 2.93 bits per heavy atom. The second-order valence-electron chi connectivity index (χ2n) is 2.72. The summed E-state index contributed by atoms with van der Waals surface area (Å²) in [5.41, 5.74) is 0.962. The van der Waals surface area contributed by atoms with Crippen LogP contribution in [0.25, 0.3) is 10.1 Å². The van der Waals surface area contributed by atoms with Crippen molar-refractivity contribution in [1.82, 2.24) is 0 Å². The van der Waals surface area contributed by atoms with Crippen molar-refractivity contribution in [3.8, 4) is 6.07 Å². The van der Waals surface area contributed by atoms with Crippen molar-refractivity contribution in [1.29, 1.82) is 5.26 Å². The van der Waals surface area contributed by atoms with E-state index in [1.165, 1.54) is 11.3 Å². The number of nitrogens with zero attached hydrogens (tertiary/aromatic N) is 1. The molecular weight excluding hydrogens is 309 g/mol. The van der Waals surface area contributed by atoms with Crippen LogP contribution in [0.4, 0.5) is 0 Å². The van der Waals surface area contributed by atoms with Crippen LogP contribution in [0, 0.1) is 14.9 Å². The van der Waals surface area contributed by atoms with E-state index in [9.17, 15) is 4.79 Å². The topological polar surface area (TPSA) is 40.9 Å². The number of benzene rings is 1. The van der Waals surface area contributed by atoms with E-state index in [2.05, 4.69) is 28.7 Å². The van der Waals surface area contributed by atoms with Gasteiger partial charge in [-0.2, -0.15) is 5.26 Å². The molecule has 4 heteroatoms. The van der Waals surface area contributed by atoms with Gasteiger partial charge in [0.2, 0.25) is 0 Å². The van der Waals surface area contributed by atoms with Crippen LogP contribution >= 0.6 is 33.9 Å². The smallest absolute Gasteiger partial charge is 0.151 e. The molecule has 0 bridgehead atoms. The van der Waals surface area contributed by atoms with E-state index in [4.69, 9.17) is 5.26 Å². The highest BCUT2D eigenvalue weighted by Crippen LogP contribution is 2.31. The molecule has 0 aliphatic carbocycles. The summed E-state index contributed by atoms with van der Waals surface area (Å²) in [5.74, 6) is 0. The number of hydrogen-bond donors (Lipinski definition) is 0.